The van der Waals surface area contributed by atoms with E-state index in [-0.39, 0.29) is 5.91 Å². The first-order chi connectivity index (χ1) is 12.3. The van der Waals surface area contributed by atoms with E-state index in [0.29, 0.717) is 5.92 Å². The lowest BCUT2D eigenvalue weighted by Gasteiger charge is -2.21. The topological polar surface area (TPSA) is 38.3 Å². The fourth-order valence-corrected chi connectivity index (χ4v) is 3.26. The molecule has 25 heavy (non-hydrogen) atoms. The molecule has 1 N–H and O–H groups in total. The number of carbonyl (C=O) groups is 1. The molecule has 3 rings (SSSR count). The van der Waals surface area contributed by atoms with Crippen LogP contribution in [-0.2, 0) is 16.0 Å². The third kappa shape index (κ3) is 5.71. The normalized spacial score (nSPS) is 15.7. The molecule has 0 saturated carbocycles. The van der Waals surface area contributed by atoms with Gasteiger partial charge in [-0.15, -0.1) is 0 Å². The van der Waals surface area contributed by atoms with Crippen LogP contribution >= 0.6 is 0 Å². The van der Waals surface area contributed by atoms with Crippen LogP contribution in [0.25, 0.3) is 10.8 Å². The maximum Gasteiger partial charge on any atom is 0.243 e. The van der Waals surface area contributed by atoms with Gasteiger partial charge >= 0.3 is 0 Å². The predicted molar refractivity (Wildman–Crippen MR) is 103 cm³/mol. The van der Waals surface area contributed by atoms with Crippen molar-refractivity contribution in [2.45, 2.75) is 32.1 Å². The van der Waals surface area contributed by atoms with E-state index >= 15 is 0 Å². The quantitative estimate of drug-likeness (QED) is 0.605. The highest BCUT2D eigenvalue weighted by molar-refractivity contribution is 5.87. The van der Waals surface area contributed by atoms with Crippen molar-refractivity contribution in [1.82, 2.24) is 5.32 Å². The van der Waals surface area contributed by atoms with Crippen LogP contribution in [0.4, 0.5) is 0 Å². The standard InChI is InChI=1S/C22H27NO2/c24-22(23-17-19-12-14-25-15-13-19)9-3-1-2-6-18-10-11-20-7-4-5-8-21(20)16-18/h3-5,7-11,16,19H,1-2,6,12-15,17H2,(H,23,24)/b9-3+. The van der Waals surface area contributed by atoms with Gasteiger partial charge in [-0.25, -0.2) is 0 Å². The summed E-state index contributed by atoms with van der Waals surface area (Å²) in [7, 11) is 0. The fourth-order valence-electron chi connectivity index (χ4n) is 3.26. The predicted octanol–water partition coefficient (Wildman–Crippen LogP) is 4.26. The number of aryl methyl sites for hydroxylation is 1. The monoisotopic (exact) mass is 337 g/mol. The van der Waals surface area contributed by atoms with Crippen molar-refractivity contribution >= 4 is 16.7 Å². The lowest BCUT2D eigenvalue weighted by atomic mass is 10.0. The third-order valence-electron chi connectivity index (χ3n) is 4.83. The molecule has 0 bridgehead atoms. The van der Waals surface area contributed by atoms with Crippen molar-refractivity contribution in [1.29, 1.82) is 0 Å². The van der Waals surface area contributed by atoms with Crippen LogP contribution < -0.4 is 5.32 Å². The molecule has 1 fully saturated rings. The van der Waals surface area contributed by atoms with Gasteiger partial charge in [-0.1, -0.05) is 48.5 Å². The molecule has 0 radical (unpaired) electrons. The number of carbonyl (C=O) groups excluding carboxylic acids is 1. The van der Waals surface area contributed by atoms with Crippen LogP contribution in [0.2, 0.25) is 0 Å². The largest absolute Gasteiger partial charge is 0.381 e. The van der Waals surface area contributed by atoms with Crippen LogP contribution in [0.3, 0.4) is 0 Å². The number of amides is 1. The Morgan fingerprint density at radius 3 is 2.76 bits per heavy atom. The van der Waals surface area contributed by atoms with E-state index in [2.05, 4.69) is 47.8 Å². The summed E-state index contributed by atoms with van der Waals surface area (Å²) < 4.78 is 5.33. The van der Waals surface area contributed by atoms with E-state index in [4.69, 9.17) is 4.74 Å². The third-order valence-corrected chi connectivity index (χ3v) is 4.83. The Kier molecular flexibility index (Phi) is 6.63. The van der Waals surface area contributed by atoms with Gasteiger partial charge in [0, 0.05) is 19.8 Å². The number of allylic oxidation sites excluding steroid dienone is 1. The highest BCUT2D eigenvalue weighted by Gasteiger charge is 2.13. The zero-order valence-electron chi connectivity index (χ0n) is 14.7. The van der Waals surface area contributed by atoms with Crippen molar-refractivity contribution in [2.24, 2.45) is 5.92 Å². The molecule has 3 nitrogen and oxygen atoms in total. The minimum atomic E-state index is 0.0252. The van der Waals surface area contributed by atoms with Crippen LogP contribution in [0, 0.1) is 5.92 Å². The lowest BCUT2D eigenvalue weighted by molar-refractivity contribution is -0.116. The van der Waals surface area contributed by atoms with Crippen LogP contribution in [0.5, 0.6) is 0 Å². The van der Waals surface area contributed by atoms with Crippen molar-refractivity contribution in [3.8, 4) is 0 Å². The first kappa shape index (κ1) is 17.7. The summed E-state index contributed by atoms with van der Waals surface area (Å²) >= 11 is 0. The highest BCUT2D eigenvalue weighted by atomic mass is 16.5. The molecule has 2 aromatic rings. The minimum absolute atomic E-state index is 0.0252. The molecule has 0 unspecified atom stereocenters. The molecule has 3 heteroatoms. The summed E-state index contributed by atoms with van der Waals surface area (Å²) in [6.45, 7) is 2.42. The summed E-state index contributed by atoms with van der Waals surface area (Å²) in [5.74, 6) is 0.594. The Morgan fingerprint density at radius 2 is 1.92 bits per heavy atom. The van der Waals surface area contributed by atoms with Gasteiger partial charge in [0.05, 0.1) is 0 Å². The highest BCUT2D eigenvalue weighted by Crippen LogP contribution is 2.17. The molecule has 132 valence electrons. The molecule has 0 atom stereocenters. The van der Waals surface area contributed by atoms with Crippen molar-refractivity contribution < 1.29 is 9.53 Å². The second-order valence-corrected chi connectivity index (χ2v) is 6.78. The van der Waals surface area contributed by atoms with Gasteiger partial charge in [0.25, 0.3) is 0 Å². The second-order valence-electron chi connectivity index (χ2n) is 6.78. The summed E-state index contributed by atoms with van der Waals surface area (Å²) in [5, 5.41) is 5.58. The van der Waals surface area contributed by atoms with Gasteiger partial charge in [-0.05, 0) is 60.4 Å². The van der Waals surface area contributed by atoms with Crippen LogP contribution in [-0.4, -0.2) is 25.7 Å². The van der Waals surface area contributed by atoms with E-state index in [1.165, 1.54) is 16.3 Å². The molecule has 1 aliphatic rings. The average Bonchev–Trinajstić information content (AvgIpc) is 2.67. The van der Waals surface area contributed by atoms with Gasteiger partial charge in [0.15, 0.2) is 0 Å². The van der Waals surface area contributed by atoms with E-state index < -0.39 is 0 Å². The van der Waals surface area contributed by atoms with Crippen molar-refractivity contribution in [2.75, 3.05) is 19.8 Å². The summed E-state index contributed by atoms with van der Waals surface area (Å²) in [6, 6.07) is 15.1. The van der Waals surface area contributed by atoms with E-state index in [0.717, 1.165) is 51.9 Å². The Bertz CT molecular complexity index is 717. The average molecular weight is 337 g/mol. The lowest BCUT2D eigenvalue weighted by Crippen LogP contribution is -2.31. The summed E-state index contributed by atoms with van der Waals surface area (Å²) in [6.07, 6.45) is 8.80. The molecule has 1 heterocycles. The number of hydrogen-bond acceptors (Lipinski definition) is 2. The smallest absolute Gasteiger partial charge is 0.243 e. The molecule has 0 spiro atoms. The molecular weight excluding hydrogens is 310 g/mol. The molecule has 2 aromatic carbocycles. The molecule has 1 aliphatic heterocycles. The molecular formula is C22H27NO2. The second kappa shape index (κ2) is 9.38. The fraction of sp³-hybridized carbons (Fsp3) is 0.409. The molecule has 1 amide bonds. The van der Waals surface area contributed by atoms with E-state index in [1.54, 1.807) is 6.08 Å². The Balaban J connectivity index is 1.35. The minimum Gasteiger partial charge on any atom is -0.381 e. The number of fused-ring (bicyclic) bond motifs is 1. The van der Waals surface area contributed by atoms with Gasteiger partial charge in [0.1, 0.15) is 0 Å². The zero-order valence-corrected chi connectivity index (χ0v) is 14.7. The number of hydrogen-bond donors (Lipinski definition) is 1. The van der Waals surface area contributed by atoms with Crippen LogP contribution in [0.1, 0.15) is 31.2 Å². The van der Waals surface area contributed by atoms with Gasteiger partial charge in [0.2, 0.25) is 5.91 Å². The first-order valence-corrected chi connectivity index (χ1v) is 9.31. The van der Waals surface area contributed by atoms with Gasteiger partial charge in [-0.3, -0.25) is 4.79 Å². The van der Waals surface area contributed by atoms with Crippen LogP contribution in [0.15, 0.2) is 54.6 Å². The van der Waals surface area contributed by atoms with Gasteiger partial charge in [-0.2, -0.15) is 0 Å². The molecule has 1 saturated heterocycles. The Hall–Kier alpha value is -2.13. The number of benzene rings is 2. The Morgan fingerprint density at radius 1 is 1.12 bits per heavy atom. The van der Waals surface area contributed by atoms with E-state index in [9.17, 15) is 4.79 Å². The molecule has 0 aliphatic carbocycles. The summed E-state index contributed by atoms with van der Waals surface area (Å²) in [4.78, 5) is 11.8. The number of ether oxygens (including phenoxy) is 1. The maximum atomic E-state index is 11.8. The Labute approximate surface area is 150 Å². The summed E-state index contributed by atoms with van der Waals surface area (Å²) in [5.41, 5.74) is 1.36. The SMILES string of the molecule is O=C(/C=C/CCCc1ccc2ccccc2c1)NCC1CCOCC1. The van der Waals surface area contributed by atoms with Crippen molar-refractivity contribution in [3.63, 3.8) is 0 Å². The van der Waals surface area contributed by atoms with E-state index in [1.807, 2.05) is 6.08 Å². The number of rotatable bonds is 7. The first-order valence-electron chi connectivity index (χ1n) is 9.31. The zero-order chi connectivity index (χ0) is 17.3. The number of unbranched alkanes of at least 4 members (excludes halogenated alkanes) is 1. The van der Waals surface area contributed by atoms with Gasteiger partial charge < -0.3 is 10.1 Å². The maximum absolute atomic E-state index is 11.8. The number of nitrogens with one attached hydrogen (secondary N) is 1. The molecule has 0 aromatic heterocycles. The van der Waals surface area contributed by atoms with Crippen molar-refractivity contribution in [3.05, 3.63) is 60.2 Å².